The maximum absolute atomic E-state index is 14.8. The fraction of sp³-hybridized carbons (Fsp3) is 0.529. The van der Waals surface area contributed by atoms with Crippen molar-refractivity contribution in [2.45, 2.75) is 192 Å². The van der Waals surface area contributed by atoms with Crippen molar-refractivity contribution < 1.29 is 57.3 Å². The molecule has 12 nitrogen and oxygen atoms in total. The molecule has 0 saturated carbocycles. The Bertz CT molecular complexity index is 2670. The Morgan fingerprint density at radius 1 is 0.237 bits per heavy atom. The van der Waals surface area contributed by atoms with Crippen molar-refractivity contribution in [3.8, 4) is 23.0 Å². The van der Waals surface area contributed by atoms with Gasteiger partial charge >= 0.3 is 23.9 Å². The third kappa shape index (κ3) is 15.1. The topological polar surface area (TPSA) is 173 Å². The van der Waals surface area contributed by atoms with Gasteiger partial charge in [0, 0.05) is 114 Å². The molecule has 0 fully saturated rings. The van der Waals surface area contributed by atoms with E-state index < -0.39 is 67.2 Å². The zero-order chi connectivity index (χ0) is 61.2. The molecule has 0 aliphatic heterocycles. The number of hydrogen-bond acceptors (Lipinski definition) is 12. The van der Waals surface area contributed by atoms with Crippen molar-refractivity contribution in [3.63, 3.8) is 0 Å². The molecule has 8 bridgehead atoms. The van der Waals surface area contributed by atoms with Crippen LogP contribution in [0.5, 0.6) is 23.0 Å². The molecule has 4 aromatic rings. The summed E-state index contributed by atoms with van der Waals surface area (Å²) in [5.74, 6) is -3.22. The van der Waals surface area contributed by atoms with Crippen LogP contribution in [0.2, 0.25) is 0 Å². The summed E-state index contributed by atoms with van der Waals surface area (Å²) in [6.07, 6.45) is -0.741. The molecular formula is C68H88O12. The number of benzene rings is 4. The lowest BCUT2D eigenvalue weighted by atomic mass is 9.81. The van der Waals surface area contributed by atoms with Gasteiger partial charge in [-0.05, 0) is 132 Å². The number of fused-ring (bicyclic) bond motifs is 8. The number of rotatable bonds is 8. The van der Waals surface area contributed by atoms with Crippen LogP contribution in [-0.4, -0.2) is 47.0 Å². The Hall–Kier alpha value is -6.56. The second kappa shape index (κ2) is 22.1. The quantitative estimate of drug-likeness (QED) is 0.0818. The highest BCUT2D eigenvalue weighted by Crippen LogP contribution is 2.44. The molecule has 80 heavy (non-hydrogen) atoms. The van der Waals surface area contributed by atoms with Crippen LogP contribution in [-0.2, 0) is 44.9 Å². The van der Waals surface area contributed by atoms with E-state index in [1.54, 1.807) is 215 Å². The lowest BCUT2D eigenvalue weighted by Crippen LogP contribution is -2.28. The van der Waals surface area contributed by atoms with Gasteiger partial charge in [-0.25, -0.2) is 0 Å². The molecule has 1 aliphatic carbocycles. The van der Waals surface area contributed by atoms with E-state index >= 15 is 0 Å². The van der Waals surface area contributed by atoms with Gasteiger partial charge in [0.25, 0.3) is 0 Å². The summed E-state index contributed by atoms with van der Waals surface area (Å²) in [4.78, 5) is 117. The molecule has 0 heterocycles. The predicted octanol–water partition coefficient (Wildman–Crippen LogP) is 15.1. The largest absolute Gasteiger partial charge is 0.426 e. The highest BCUT2D eigenvalue weighted by molar-refractivity contribution is 6.03. The smallest absolute Gasteiger partial charge is 0.316 e. The summed E-state index contributed by atoms with van der Waals surface area (Å²) < 4.78 is 26.2. The Morgan fingerprint density at radius 2 is 0.362 bits per heavy atom. The summed E-state index contributed by atoms with van der Waals surface area (Å²) >= 11 is 0. The molecule has 0 aromatic heterocycles. The molecular weight excluding hydrogens is 1010 g/mol. The molecule has 0 radical (unpaired) electrons. The van der Waals surface area contributed by atoms with E-state index in [2.05, 4.69) is 0 Å². The van der Waals surface area contributed by atoms with Crippen molar-refractivity contribution >= 4 is 47.0 Å². The lowest BCUT2D eigenvalue weighted by molar-refractivity contribution is -0.143. The Morgan fingerprint density at radius 3 is 0.463 bits per heavy atom. The summed E-state index contributed by atoms with van der Waals surface area (Å²) in [6, 6.07) is 13.2. The zero-order valence-electron chi connectivity index (χ0n) is 52.3. The van der Waals surface area contributed by atoms with Gasteiger partial charge in [0.2, 0.25) is 0 Å². The van der Waals surface area contributed by atoms with Gasteiger partial charge in [-0.2, -0.15) is 0 Å². The molecule has 0 spiro atoms. The number of carbonyl (C=O) groups is 8. The van der Waals surface area contributed by atoms with Gasteiger partial charge in [-0.3, -0.25) is 38.4 Å². The van der Waals surface area contributed by atoms with Crippen LogP contribution in [0.1, 0.15) is 252 Å². The van der Waals surface area contributed by atoms with Crippen LogP contribution in [0, 0.1) is 43.3 Å². The van der Waals surface area contributed by atoms with Crippen molar-refractivity contribution in [2.24, 2.45) is 43.3 Å². The van der Waals surface area contributed by atoms with Crippen molar-refractivity contribution in [1.82, 2.24) is 0 Å². The monoisotopic (exact) mass is 1100 g/mol. The average molecular weight is 1100 g/mol. The molecule has 0 unspecified atom stereocenters. The number of ketones is 4. The van der Waals surface area contributed by atoms with Gasteiger partial charge < -0.3 is 18.9 Å². The van der Waals surface area contributed by atoms with Crippen molar-refractivity contribution in [1.29, 1.82) is 0 Å². The van der Waals surface area contributed by atoms with Crippen LogP contribution < -0.4 is 18.9 Å². The third-order valence-electron chi connectivity index (χ3n) is 13.5. The van der Waals surface area contributed by atoms with E-state index in [0.29, 0.717) is 44.5 Å². The zero-order valence-corrected chi connectivity index (χ0v) is 52.3. The van der Waals surface area contributed by atoms with E-state index in [1.165, 1.54) is 0 Å². The summed E-state index contributed by atoms with van der Waals surface area (Å²) in [5, 5.41) is 0. The maximum Gasteiger partial charge on any atom is 0.316 e. The normalized spacial score (nSPS) is 13.7. The standard InChI is InChI=1S/C68H88O12/c1-61(2,3)53(69)45-29-37-25-39-31-46(54(70)62(4,5)6)33-41(50(39)78-58(74)66(16,17)18)27-43-35-48(56(72)64(10,11)12)36-44(52(43)80-60(76)68(22,23)24)28-42-34-47(55(71)63(7,8)9)32-40(51(42)79-59(75)67(19,20)21)26-38(30-45)49(37)77-57(73)65(13,14)15/h29-36H,25-28H2,1-24H3. The number of ether oxygens (including phenoxy) is 4. The molecule has 0 amide bonds. The Balaban J connectivity index is 2.23. The van der Waals surface area contributed by atoms with Gasteiger partial charge in [0.15, 0.2) is 23.1 Å². The molecule has 12 heteroatoms. The van der Waals surface area contributed by atoms with Crippen LogP contribution >= 0.6 is 0 Å². The molecule has 4 aromatic carbocycles. The van der Waals surface area contributed by atoms with Gasteiger partial charge in [-0.1, -0.05) is 83.1 Å². The highest BCUT2D eigenvalue weighted by Gasteiger charge is 2.37. The number of esters is 4. The van der Waals surface area contributed by atoms with Gasteiger partial charge in [-0.15, -0.1) is 0 Å². The fourth-order valence-corrected chi connectivity index (χ4v) is 8.65. The van der Waals surface area contributed by atoms with E-state index in [9.17, 15) is 38.4 Å². The minimum Gasteiger partial charge on any atom is -0.426 e. The Kier molecular flexibility index (Phi) is 17.7. The molecule has 0 atom stereocenters. The van der Waals surface area contributed by atoms with Gasteiger partial charge in [0.1, 0.15) is 23.0 Å². The second-order valence-corrected chi connectivity index (χ2v) is 30.1. The highest BCUT2D eigenvalue weighted by atomic mass is 16.6. The first-order valence-corrected chi connectivity index (χ1v) is 27.7. The van der Waals surface area contributed by atoms with Crippen LogP contribution in [0.4, 0.5) is 0 Å². The van der Waals surface area contributed by atoms with Crippen LogP contribution in [0.25, 0.3) is 0 Å². The number of carbonyl (C=O) groups excluding carboxylic acids is 8. The van der Waals surface area contributed by atoms with E-state index in [0.717, 1.165) is 0 Å². The maximum atomic E-state index is 14.8. The fourth-order valence-electron chi connectivity index (χ4n) is 8.65. The lowest BCUT2D eigenvalue weighted by Gasteiger charge is -2.27. The first-order chi connectivity index (χ1) is 36.0. The summed E-state index contributed by atoms with van der Waals surface area (Å²) in [5.41, 5.74) is -4.42. The third-order valence-corrected chi connectivity index (χ3v) is 13.5. The number of hydrogen-bond donors (Lipinski definition) is 0. The summed E-state index contributed by atoms with van der Waals surface area (Å²) in [7, 11) is 0. The summed E-state index contributed by atoms with van der Waals surface area (Å²) in [6.45, 7) is 42.0. The van der Waals surface area contributed by atoms with E-state index in [4.69, 9.17) is 18.9 Å². The Labute approximate surface area is 475 Å². The average Bonchev–Trinajstić information content (AvgIpc) is 3.28. The molecule has 0 N–H and O–H groups in total. The molecule has 0 saturated heterocycles. The van der Waals surface area contributed by atoms with E-state index in [-0.39, 0.29) is 94.1 Å². The molecule has 5 rings (SSSR count). The van der Waals surface area contributed by atoms with Crippen LogP contribution in [0.15, 0.2) is 48.5 Å². The molecule has 1 aliphatic rings. The second-order valence-electron chi connectivity index (χ2n) is 30.1. The minimum atomic E-state index is -1.06. The van der Waals surface area contributed by atoms with Crippen molar-refractivity contribution in [2.75, 3.05) is 0 Å². The minimum absolute atomic E-state index is 0.0683. The first-order valence-electron chi connectivity index (χ1n) is 27.7. The van der Waals surface area contributed by atoms with Crippen LogP contribution in [0.3, 0.4) is 0 Å². The number of Topliss-reactive ketones (excluding diaryl/α,β-unsaturated/α-hetero) is 4. The van der Waals surface area contributed by atoms with E-state index in [1.807, 2.05) is 0 Å². The molecule has 432 valence electrons. The first kappa shape index (κ1) is 64.3. The van der Waals surface area contributed by atoms with Crippen molar-refractivity contribution in [3.05, 3.63) is 115 Å². The predicted molar refractivity (Wildman–Crippen MR) is 312 cm³/mol. The van der Waals surface area contributed by atoms with Gasteiger partial charge in [0.05, 0.1) is 21.7 Å². The SMILES string of the molecule is CC(C)(C)C(=O)Oc1c2cc(C(=O)C(C)(C)C)cc1Cc1cc(C(=O)C(C)(C)C)cc(c1OC(=O)C(C)(C)C)Cc1cc(C(=O)C(C)(C)C)cc(c1OC(=O)C(C)(C)C)Cc1cc(C(=O)C(C)(C)C)cc(c1OC(=O)C(C)(C)C)C2.